The minimum atomic E-state index is -2.29. The topological polar surface area (TPSA) is 47.6 Å². The van der Waals surface area contributed by atoms with Crippen molar-refractivity contribution in [1.29, 1.82) is 0 Å². The number of halogens is 3. The summed E-state index contributed by atoms with van der Waals surface area (Å²) >= 11 is 1.04. The Labute approximate surface area is 106 Å². The Morgan fingerprint density at radius 3 is 2.83 bits per heavy atom. The highest BCUT2D eigenvalue weighted by atomic mass is 32.2. The van der Waals surface area contributed by atoms with Crippen LogP contribution in [0.5, 0.6) is 0 Å². The van der Waals surface area contributed by atoms with Crippen LogP contribution in [-0.2, 0) is 4.84 Å². The molecular formula is C10H11F3N2O2S. The third-order valence-electron chi connectivity index (χ3n) is 1.82. The molecule has 1 aromatic rings. The van der Waals surface area contributed by atoms with Crippen LogP contribution in [0.2, 0.25) is 0 Å². The second-order valence-corrected chi connectivity index (χ2v) is 4.16. The average molecular weight is 280 g/mol. The smallest absolute Gasteiger partial charge is 0.301 e. The third kappa shape index (κ3) is 4.44. The summed E-state index contributed by atoms with van der Waals surface area (Å²) in [5.74, 6) is -0.887. The lowest BCUT2D eigenvalue weighted by atomic mass is 10.4. The van der Waals surface area contributed by atoms with Crippen LogP contribution in [0.4, 0.5) is 13.2 Å². The summed E-state index contributed by atoms with van der Waals surface area (Å²) < 4.78 is 41.3. The number of oxime groups is 1. The molecular weight excluding hydrogens is 269 g/mol. The summed E-state index contributed by atoms with van der Waals surface area (Å²) in [6, 6.07) is 0. The molecule has 1 aromatic heterocycles. The molecule has 0 saturated heterocycles. The minimum Gasteiger partial charge on any atom is -0.430 e. The average Bonchev–Trinajstić information content (AvgIpc) is 2.78. The van der Waals surface area contributed by atoms with Crippen molar-refractivity contribution < 1.29 is 22.4 Å². The predicted octanol–water partition coefficient (Wildman–Crippen LogP) is 3.60. The molecule has 1 heterocycles. The summed E-state index contributed by atoms with van der Waals surface area (Å²) in [4.78, 5) is 8.46. The van der Waals surface area contributed by atoms with Gasteiger partial charge in [-0.15, -0.1) is 0 Å². The Hall–Kier alpha value is -1.44. The molecule has 4 nitrogen and oxygen atoms in total. The van der Waals surface area contributed by atoms with E-state index in [2.05, 4.69) is 15.0 Å². The molecule has 0 radical (unpaired) electrons. The SMILES string of the molecule is CO/N=C(/C)c1cnc(SCCC(F)=C(F)F)o1. The third-order valence-corrected chi connectivity index (χ3v) is 2.67. The van der Waals surface area contributed by atoms with Crippen LogP contribution in [0.3, 0.4) is 0 Å². The summed E-state index contributed by atoms with van der Waals surface area (Å²) in [7, 11) is 1.40. The molecule has 0 amide bonds. The van der Waals surface area contributed by atoms with Crippen molar-refractivity contribution in [2.45, 2.75) is 18.6 Å². The number of hydrogen-bond acceptors (Lipinski definition) is 5. The van der Waals surface area contributed by atoms with E-state index in [-0.39, 0.29) is 17.4 Å². The zero-order chi connectivity index (χ0) is 13.5. The van der Waals surface area contributed by atoms with E-state index in [4.69, 9.17) is 4.42 Å². The van der Waals surface area contributed by atoms with Crippen LogP contribution in [0.15, 0.2) is 32.9 Å². The molecule has 0 aliphatic carbocycles. The molecule has 0 atom stereocenters. The number of thioether (sulfide) groups is 1. The van der Waals surface area contributed by atoms with Crippen LogP contribution in [0.25, 0.3) is 0 Å². The summed E-state index contributed by atoms with van der Waals surface area (Å²) in [6.45, 7) is 1.67. The maximum Gasteiger partial charge on any atom is 0.301 e. The second-order valence-electron chi connectivity index (χ2n) is 3.11. The Morgan fingerprint density at radius 1 is 1.50 bits per heavy atom. The van der Waals surface area contributed by atoms with E-state index in [1.165, 1.54) is 13.3 Å². The Kier molecular flexibility index (Phi) is 5.76. The van der Waals surface area contributed by atoms with E-state index in [0.717, 1.165) is 11.8 Å². The van der Waals surface area contributed by atoms with Crippen LogP contribution in [0.1, 0.15) is 19.1 Å². The van der Waals surface area contributed by atoms with Crippen molar-refractivity contribution in [1.82, 2.24) is 4.98 Å². The quantitative estimate of drug-likeness (QED) is 0.454. The van der Waals surface area contributed by atoms with Crippen LogP contribution >= 0.6 is 11.8 Å². The molecule has 0 unspecified atom stereocenters. The highest BCUT2D eigenvalue weighted by Gasteiger charge is 2.10. The van der Waals surface area contributed by atoms with Crippen LogP contribution < -0.4 is 0 Å². The van der Waals surface area contributed by atoms with E-state index in [1.807, 2.05) is 0 Å². The molecule has 0 N–H and O–H groups in total. The van der Waals surface area contributed by atoms with Gasteiger partial charge in [0, 0.05) is 12.2 Å². The van der Waals surface area contributed by atoms with Gasteiger partial charge in [0.25, 0.3) is 5.22 Å². The van der Waals surface area contributed by atoms with Gasteiger partial charge in [0.05, 0.1) is 6.20 Å². The van der Waals surface area contributed by atoms with Crippen LogP contribution in [0, 0.1) is 0 Å². The molecule has 100 valence electrons. The van der Waals surface area contributed by atoms with Crippen molar-refractivity contribution >= 4 is 17.5 Å². The first-order chi connectivity index (χ1) is 8.54. The number of rotatable bonds is 6. The lowest BCUT2D eigenvalue weighted by molar-refractivity contribution is 0.212. The largest absolute Gasteiger partial charge is 0.430 e. The monoisotopic (exact) mass is 280 g/mol. The highest BCUT2D eigenvalue weighted by Crippen LogP contribution is 2.22. The second kappa shape index (κ2) is 7.10. The molecule has 8 heteroatoms. The summed E-state index contributed by atoms with van der Waals surface area (Å²) in [6.07, 6.45) is -1.22. The Bertz CT molecular complexity index is 456. The minimum absolute atomic E-state index is 0.115. The van der Waals surface area contributed by atoms with Gasteiger partial charge in [-0.25, -0.2) is 9.37 Å². The van der Waals surface area contributed by atoms with Crippen molar-refractivity contribution in [2.24, 2.45) is 5.16 Å². The maximum absolute atomic E-state index is 12.5. The standard InChI is InChI=1S/C10H11F3N2O2S/c1-6(15-16-2)8-5-14-10(17-8)18-4-3-7(11)9(12)13/h5H,3-4H2,1-2H3/b15-6-. The van der Waals surface area contributed by atoms with Gasteiger partial charge in [0.1, 0.15) is 12.8 Å². The Balaban J connectivity index is 2.50. The maximum atomic E-state index is 12.5. The molecule has 0 aliphatic heterocycles. The molecule has 0 saturated carbocycles. The molecule has 0 spiro atoms. The van der Waals surface area contributed by atoms with E-state index >= 15 is 0 Å². The fraction of sp³-hybridized carbons (Fsp3) is 0.400. The fourth-order valence-electron chi connectivity index (χ4n) is 0.996. The first-order valence-electron chi connectivity index (χ1n) is 4.91. The number of allylic oxidation sites excluding steroid dienone is 1. The number of aromatic nitrogens is 1. The van der Waals surface area contributed by atoms with Gasteiger partial charge in [0.15, 0.2) is 11.6 Å². The van der Waals surface area contributed by atoms with Crippen molar-refractivity contribution in [2.75, 3.05) is 12.9 Å². The van der Waals surface area contributed by atoms with E-state index < -0.39 is 11.9 Å². The van der Waals surface area contributed by atoms with Gasteiger partial charge in [-0.1, -0.05) is 16.9 Å². The number of nitrogens with zero attached hydrogens (tertiary/aromatic N) is 2. The fourth-order valence-corrected chi connectivity index (χ4v) is 1.73. The predicted molar refractivity (Wildman–Crippen MR) is 61.4 cm³/mol. The van der Waals surface area contributed by atoms with Gasteiger partial charge < -0.3 is 9.25 Å². The Morgan fingerprint density at radius 2 is 2.22 bits per heavy atom. The number of hydrogen-bond donors (Lipinski definition) is 0. The molecule has 0 fully saturated rings. The molecule has 0 bridgehead atoms. The van der Waals surface area contributed by atoms with E-state index in [0.29, 0.717) is 11.5 Å². The van der Waals surface area contributed by atoms with Crippen LogP contribution in [-0.4, -0.2) is 23.6 Å². The first kappa shape index (κ1) is 14.6. The van der Waals surface area contributed by atoms with Gasteiger partial charge in [0.2, 0.25) is 0 Å². The molecule has 0 aromatic carbocycles. The zero-order valence-electron chi connectivity index (χ0n) is 9.74. The van der Waals surface area contributed by atoms with Gasteiger partial charge in [-0.3, -0.25) is 0 Å². The first-order valence-corrected chi connectivity index (χ1v) is 5.89. The van der Waals surface area contributed by atoms with Gasteiger partial charge in [-0.05, 0) is 6.92 Å². The molecule has 1 rings (SSSR count). The van der Waals surface area contributed by atoms with Crippen molar-refractivity contribution in [3.05, 3.63) is 23.9 Å². The normalized spacial score (nSPS) is 11.5. The van der Waals surface area contributed by atoms with Crippen molar-refractivity contribution in [3.63, 3.8) is 0 Å². The zero-order valence-corrected chi connectivity index (χ0v) is 10.6. The lowest BCUT2D eigenvalue weighted by Gasteiger charge is -1.95. The lowest BCUT2D eigenvalue weighted by Crippen LogP contribution is -1.91. The van der Waals surface area contributed by atoms with Gasteiger partial charge >= 0.3 is 6.08 Å². The highest BCUT2D eigenvalue weighted by molar-refractivity contribution is 7.99. The summed E-state index contributed by atoms with van der Waals surface area (Å²) in [5.41, 5.74) is 0.498. The molecule has 0 aliphatic rings. The van der Waals surface area contributed by atoms with Crippen molar-refractivity contribution in [3.8, 4) is 0 Å². The summed E-state index contributed by atoms with van der Waals surface area (Å²) in [5, 5.41) is 3.91. The van der Waals surface area contributed by atoms with E-state index in [1.54, 1.807) is 6.92 Å². The molecule has 18 heavy (non-hydrogen) atoms. The van der Waals surface area contributed by atoms with Gasteiger partial charge in [-0.2, -0.15) is 8.78 Å². The number of oxazole rings is 1. The van der Waals surface area contributed by atoms with E-state index in [9.17, 15) is 13.2 Å².